The first-order chi connectivity index (χ1) is 10.2. The zero-order valence-corrected chi connectivity index (χ0v) is 11.9. The summed E-state index contributed by atoms with van der Waals surface area (Å²) in [5.74, 6) is 0.0649. The topological polar surface area (TPSA) is 96.3 Å². The van der Waals surface area contributed by atoms with Crippen molar-refractivity contribution in [3.05, 3.63) is 17.8 Å². The van der Waals surface area contributed by atoms with E-state index in [1.54, 1.807) is 0 Å². The van der Waals surface area contributed by atoms with E-state index in [9.17, 15) is 9.59 Å². The third-order valence-corrected chi connectivity index (χ3v) is 3.95. The van der Waals surface area contributed by atoms with E-state index in [0.29, 0.717) is 18.9 Å². The van der Waals surface area contributed by atoms with Crippen molar-refractivity contribution in [2.24, 2.45) is 0 Å². The van der Waals surface area contributed by atoms with E-state index in [1.165, 1.54) is 6.26 Å². The summed E-state index contributed by atoms with van der Waals surface area (Å²) in [5.41, 5.74) is 0.232. The maximum absolute atomic E-state index is 12.2. The first kappa shape index (κ1) is 14.1. The van der Waals surface area contributed by atoms with Gasteiger partial charge in [0.05, 0.1) is 6.04 Å². The molecular formula is C14H20N4O3. The third kappa shape index (κ3) is 3.24. The van der Waals surface area contributed by atoms with Crippen molar-refractivity contribution in [3.8, 4) is 0 Å². The van der Waals surface area contributed by atoms with E-state index < -0.39 is 6.04 Å². The van der Waals surface area contributed by atoms with Crippen molar-refractivity contribution >= 4 is 11.8 Å². The van der Waals surface area contributed by atoms with E-state index >= 15 is 0 Å². The van der Waals surface area contributed by atoms with Gasteiger partial charge in [0.1, 0.15) is 12.3 Å². The molecule has 7 heteroatoms. The summed E-state index contributed by atoms with van der Waals surface area (Å²) in [4.78, 5) is 28.2. The standard InChI is InChI=1S/C14H20N4O3/c19-12-9(4-1-2-6-16-12)17-13(20)11-8-21-14(18-11)10-5-3-7-15-10/h8-10,15H,1-7H2,(H,16,19)(H,17,20). The van der Waals surface area contributed by atoms with Gasteiger partial charge < -0.3 is 20.4 Å². The van der Waals surface area contributed by atoms with Crippen LogP contribution in [0.3, 0.4) is 0 Å². The predicted molar refractivity (Wildman–Crippen MR) is 74.6 cm³/mol. The average molecular weight is 292 g/mol. The van der Waals surface area contributed by atoms with Gasteiger partial charge in [-0.05, 0) is 38.6 Å². The zero-order chi connectivity index (χ0) is 14.7. The third-order valence-electron chi connectivity index (χ3n) is 3.95. The van der Waals surface area contributed by atoms with Crippen LogP contribution >= 0.6 is 0 Å². The van der Waals surface area contributed by atoms with Crippen molar-refractivity contribution in [3.63, 3.8) is 0 Å². The Morgan fingerprint density at radius 2 is 2.19 bits per heavy atom. The molecule has 3 N–H and O–H groups in total. The molecule has 1 aromatic rings. The van der Waals surface area contributed by atoms with Gasteiger partial charge in [-0.15, -0.1) is 0 Å². The van der Waals surface area contributed by atoms with Crippen molar-refractivity contribution in [1.82, 2.24) is 20.9 Å². The summed E-state index contributed by atoms with van der Waals surface area (Å²) >= 11 is 0. The van der Waals surface area contributed by atoms with Crippen LogP contribution < -0.4 is 16.0 Å². The van der Waals surface area contributed by atoms with E-state index in [-0.39, 0.29) is 23.6 Å². The lowest BCUT2D eigenvalue weighted by Crippen LogP contribution is -2.45. The molecule has 2 fully saturated rings. The highest BCUT2D eigenvalue weighted by molar-refractivity contribution is 5.95. The Morgan fingerprint density at radius 3 is 3.00 bits per heavy atom. The molecule has 114 valence electrons. The van der Waals surface area contributed by atoms with Crippen LogP contribution in [0.5, 0.6) is 0 Å². The van der Waals surface area contributed by atoms with Gasteiger partial charge in [0.2, 0.25) is 11.8 Å². The number of rotatable bonds is 3. The van der Waals surface area contributed by atoms with Crippen molar-refractivity contribution in [2.75, 3.05) is 13.1 Å². The SMILES string of the molecule is O=C(NC1CCCCNC1=O)c1coc(C2CCCN2)n1. The smallest absolute Gasteiger partial charge is 0.273 e. The molecule has 0 saturated carbocycles. The molecule has 0 aromatic carbocycles. The minimum atomic E-state index is -0.482. The van der Waals surface area contributed by atoms with Gasteiger partial charge in [0, 0.05) is 6.54 Å². The first-order valence-corrected chi connectivity index (χ1v) is 7.51. The second kappa shape index (κ2) is 6.26. The quantitative estimate of drug-likeness (QED) is 0.754. The number of hydrogen-bond donors (Lipinski definition) is 3. The Kier molecular flexibility index (Phi) is 4.19. The highest BCUT2D eigenvalue weighted by Crippen LogP contribution is 2.22. The van der Waals surface area contributed by atoms with Gasteiger partial charge in [-0.25, -0.2) is 4.98 Å². The van der Waals surface area contributed by atoms with Crippen LogP contribution in [-0.2, 0) is 4.79 Å². The number of nitrogens with zero attached hydrogens (tertiary/aromatic N) is 1. The van der Waals surface area contributed by atoms with Crippen LogP contribution in [-0.4, -0.2) is 35.9 Å². The van der Waals surface area contributed by atoms with Crippen LogP contribution in [0.2, 0.25) is 0 Å². The van der Waals surface area contributed by atoms with Crippen LogP contribution in [0, 0.1) is 0 Å². The maximum Gasteiger partial charge on any atom is 0.273 e. The molecule has 2 saturated heterocycles. The Balaban J connectivity index is 1.63. The van der Waals surface area contributed by atoms with Gasteiger partial charge in [0.25, 0.3) is 5.91 Å². The Morgan fingerprint density at radius 1 is 1.29 bits per heavy atom. The zero-order valence-electron chi connectivity index (χ0n) is 11.9. The lowest BCUT2D eigenvalue weighted by molar-refractivity contribution is -0.122. The normalized spacial score (nSPS) is 26.2. The molecule has 0 radical (unpaired) electrons. The van der Waals surface area contributed by atoms with Crippen molar-refractivity contribution < 1.29 is 14.0 Å². The van der Waals surface area contributed by atoms with E-state index in [0.717, 1.165) is 32.2 Å². The number of hydrogen-bond acceptors (Lipinski definition) is 5. The fraction of sp³-hybridized carbons (Fsp3) is 0.643. The van der Waals surface area contributed by atoms with Gasteiger partial charge in [0.15, 0.2) is 5.69 Å². The fourth-order valence-corrected chi connectivity index (χ4v) is 2.76. The number of amides is 2. The summed E-state index contributed by atoms with van der Waals surface area (Å²) in [6.45, 7) is 1.61. The molecule has 0 spiro atoms. The van der Waals surface area contributed by atoms with Gasteiger partial charge >= 0.3 is 0 Å². The van der Waals surface area contributed by atoms with E-state index in [2.05, 4.69) is 20.9 Å². The van der Waals surface area contributed by atoms with E-state index in [1.807, 2.05) is 0 Å². The second-order valence-electron chi connectivity index (χ2n) is 5.53. The first-order valence-electron chi connectivity index (χ1n) is 7.51. The van der Waals surface area contributed by atoms with Crippen LogP contribution in [0.4, 0.5) is 0 Å². The van der Waals surface area contributed by atoms with Crippen LogP contribution in [0.25, 0.3) is 0 Å². The number of carbonyl (C=O) groups is 2. The highest BCUT2D eigenvalue weighted by Gasteiger charge is 2.26. The lowest BCUT2D eigenvalue weighted by atomic mass is 10.1. The Labute approximate surface area is 122 Å². The molecule has 1 aromatic heterocycles. The van der Waals surface area contributed by atoms with Crippen LogP contribution in [0.1, 0.15) is 54.5 Å². The minimum absolute atomic E-state index is 0.0905. The monoisotopic (exact) mass is 292 g/mol. The molecule has 3 rings (SSSR count). The summed E-state index contributed by atoms with van der Waals surface area (Å²) in [6.07, 6.45) is 5.93. The van der Waals surface area contributed by atoms with Gasteiger partial charge in [-0.2, -0.15) is 0 Å². The number of carbonyl (C=O) groups excluding carboxylic acids is 2. The van der Waals surface area contributed by atoms with Gasteiger partial charge in [-0.3, -0.25) is 9.59 Å². The summed E-state index contributed by atoms with van der Waals surface area (Å²) < 4.78 is 5.38. The molecular weight excluding hydrogens is 272 g/mol. The van der Waals surface area contributed by atoms with E-state index in [4.69, 9.17) is 4.42 Å². The van der Waals surface area contributed by atoms with Gasteiger partial charge in [-0.1, -0.05) is 0 Å². The highest BCUT2D eigenvalue weighted by atomic mass is 16.3. The molecule has 7 nitrogen and oxygen atoms in total. The second-order valence-corrected chi connectivity index (χ2v) is 5.53. The fourth-order valence-electron chi connectivity index (χ4n) is 2.76. The molecule has 2 unspecified atom stereocenters. The molecule has 2 amide bonds. The Bertz CT molecular complexity index is 522. The number of nitrogens with one attached hydrogen (secondary N) is 3. The minimum Gasteiger partial charge on any atom is -0.446 e. The molecule has 3 heterocycles. The molecule has 2 aliphatic rings. The molecule has 0 aliphatic carbocycles. The maximum atomic E-state index is 12.2. The molecule has 21 heavy (non-hydrogen) atoms. The lowest BCUT2D eigenvalue weighted by Gasteiger charge is -2.13. The Hall–Kier alpha value is -1.89. The predicted octanol–water partition coefficient (Wildman–Crippen LogP) is 0.498. The largest absolute Gasteiger partial charge is 0.446 e. The number of aromatic nitrogens is 1. The molecule has 0 bridgehead atoms. The molecule has 2 aliphatic heterocycles. The summed E-state index contributed by atoms with van der Waals surface area (Å²) in [5, 5.41) is 8.80. The van der Waals surface area contributed by atoms with Crippen LogP contribution in [0.15, 0.2) is 10.7 Å². The average Bonchev–Trinajstić information content (AvgIpc) is 3.12. The van der Waals surface area contributed by atoms with Crippen molar-refractivity contribution in [1.29, 1.82) is 0 Å². The molecule has 2 atom stereocenters. The number of oxazole rings is 1. The summed E-state index contributed by atoms with van der Waals surface area (Å²) in [6, 6.07) is -0.391. The summed E-state index contributed by atoms with van der Waals surface area (Å²) in [7, 11) is 0. The van der Waals surface area contributed by atoms with Crippen molar-refractivity contribution in [2.45, 2.75) is 44.2 Å².